The van der Waals surface area contributed by atoms with Crippen molar-refractivity contribution >= 4 is 29.1 Å². The van der Waals surface area contributed by atoms with Crippen molar-refractivity contribution in [1.29, 1.82) is 0 Å². The molecule has 0 aromatic heterocycles. The van der Waals surface area contributed by atoms with Crippen LogP contribution in [0.15, 0.2) is 48.5 Å². The summed E-state index contributed by atoms with van der Waals surface area (Å²) in [6, 6.07) is 14.6. The van der Waals surface area contributed by atoms with Gasteiger partial charge < -0.3 is 30.9 Å². The van der Waals surface area contributed by atoms with Gasteiger partial charge in [0, 0.05) is 30.8 Å². The monoisotopic (exact) mass is 425 g/mol. The molecule has 2 aromatic carbocycles. The van der Waals surface area contributed by atoms with E-state index < -0.39 is 0 Å². The molecule has 2 amide bonds. The fourth-order valence-corrected chi connectivity index (χ4v) is 3.47. The van der Waals surface area contributed by atoms with Gasteiger partial charge in [0.15, 0.2) is 0 Å². The normalized spacial score (nSPS) is 15.7. The molecule has 4 N–H and O–H groups in total. The highest BCUT2D eigenvalue weighted by Gasteiger charge is 2.26. The minimum absolute atomic E-state index is 0.141. The summed E-state index contributed by atoms with van der Waals surface area (Å²) in [6.07, 6.45) is 1.16. The van der Waals surface area contributed by atoms with Gasteiger partial charge in [-0.25, -0.2) is 4.79 Å². The molecule has 1 aliphatic heterocycles. The molecule has 8 nitrogen and oxygen atoms in total. The second kappa shape index (κ2) is 10.7. The van der Waals surface area contributed by atoms with Crippen molar-refractivity contribution in [3.63, 3.8) is 0 Å². The smallest absolute Gasteiger partial charge is 0.407 e. The Kier molecular flexibility index (Phi) is 7.72. The zero-order chi connectivity index (χ0) is 22.2. The molecular formula is C23H31N5O3. The van der Waals surface area contributed by atoms with Gasteiger partial charge in [-0.05, 0) is 63.5 Å². The number of nitrogens with zero attached hydrogens (tertiary/aromatic N) is 2. The molecule has 1 heterocycles. The molecule has 1 saturated heterocycles. The summed E-state index contributed by atoms with van der Waals surface area (Å²) in [6.45, 7) is 2.96. The molecule has 1 fully saturated rings. The predicted molar refractivity (Wildman–Crippen MR) is 124 cm³/mol. The molecule has 0 unspecified atom stereocenters. The maximum atomic E-state index is 12.5. The summed E-state index contributed by atoms with van der Waals surface area (Å²) in [5, 5.41) is 5.63. The van der Waals surface area contributed by atoms with Gasteiger partial charge in [-0.1, -0.05) is 12.1 Å². The van der Waals surface area contributed by atoms with E-state index in [0.717, 1.165) is 31.6 Å². The lowest BCUT2D eigenvalue weighted by Crippen LogP contribution is -2.32. The number of hydrogen-bond donors (Lipinski definition) is 3. The van der Waals surface area contributed by atoms with Gasteiger partial charge in [0.25, 0.3) is 5.91 Å². The molecule has 0 aliphatic carbocycles. The minimum Gasteiger partial charge on any atom is -0.444 e. The van der Waals surface area contributed by atoms with Gasteiger partial charge in [-0.15, -0.1) is 0 Å². The van der Waals surface area contributed by atoms with Crippen LogP contribution in [0.4, 0.5) is 21.9 Å². The molecule has 1 atom stereocenters. The Bertz CT molecular complexity index is 885. The molecular weight excluding hydrogens is 394 g/mol. The zero-order valence-electron chi connectivity index (χ0n) is 18.1. The van der Waals surface area contributed by atoms with Crippen molar-refractivity contribution in [3.05, 3.63) is 54.1 Å². The van der Waals surface area contributed by atoms with E-state index in [2.05, 4.69) is 20.4 Å². The van der Waals surface area contributed by atoms with E-state index in [-0.39, 0.29) is 18.1 Å². The van der Waals surface area contributed by atoms with Gasteiger partial charge in [0.05, 0.1) is 17.9 Å². The lowest BCUT2D eigenvalue weighted by atomic mass is 10.1. The van der Waals surface area contributed by atoms with E-state index in [1.165, 1.54) is 0 Å². The molecule has 0 bridgehead atoms. The summed E-state index contributed by atoms with van der Waals surface area (Å²) in [4.78, 5) is 28.7. The van der Waals surface area contributed by atoms with Crippen LogP contribution in [-0.2, 0) is 4.74 Å². The van der Waals surface area contributed by atoms with E-state index in [4.69, 9.17) is 10.5 Å². The number of benzene rings is 2. The number of alkyl carbamates (subject to hydrolysis) is 1. The largest absolute Gasteiger partial charge is 0.444 e. The van der Waals surface area contributed by atoms with Crippen LogP contribution in [0.2, 0.25) is 0 Å². The average Bonchev–Trinajstić information content (AvgIpc) is 3.21. The quantitative estimate of drug-likeness (QED) is 0.444. The highest BCUT2D eigenvalue weighted by atomic mass is 16.6. The topological polar surface area (TPSA) is 99.9 Å². The molecule has 0 radical (unpaired) electrons. The highest BCUT2D eigenvalue weighted by molar-refractivity contribution is 6.05. The molecule has 31 heavy (non-hydrogen) atoms. The average molecular weight is 426 g/mol. The number of amides is 2. The lowest BCUT2D eigenvalue weighted by Gasteiger charge is -2.19. The van der Waals surface area contributed by atoms with E-state index >= 15 is 0 Å². The molecule has 1 aliphatic rings. The summed E-state index contributed by atoms with van der Waals surface area (Å²) >= 11 is 0. The number of nitrogens with two attached hydrogens (primary N) is 1. The third kappa shape index (κ3) is 6.62. The Labute approximate surface area is 183 Å². The number of nitrogens with one attached hydrogen (secondary N) is 2. The molecule has 8 heteroatoms. The van der Waals surface area contributed by atoms with Crippen LogP contribution in [0.3, 0.4) is 0 Å². The first-order valence-corrected chi connectivity index (χ1v) is 10.5. The molecule has 166 valence electrons. The Balaban J connectivity index is 1.46. The second-order valence-corrected chi connectivity index (χ2v) is 7.93. The van der Waals surface area contributed by atoms with Crippen molar-refractivity contribution in [2.45, 2.75) is 18.9 Å². The molecule has 3 rings (SSSR count). The van der Waals surface area contributed by atoms with Gasteiger partial charge in [-0.3, -0.25) is 4.79 Å². The number of anilines is 3. The molecule has 2 aromatic rings. The van der Waals surface area contributed by atoms with Crippen LogP contribution < -0.4 is 21.3 Å². The van der Waals surface area contributed by atoms with Crippen LogP contribution >= 0.6 is 0 Å². The summed E-state index contributed by atoms with van der Waals surface area (Å²) in [5.41, 5.74) is 8.55. The minimum atomic E-state index is -0.363. The maximum Gasteiger partial charge on any atom is 0.407 e. The first-order valence-electron chi connectivity index (χ1n) is 10.5. The van der Waals surface area contributed by atoms with Crippen molar-refractivity contribution in [3.8, 4) is 0 Å². The summed E-state index contributed by atoms with van der Waals surface area (Å²) in [5.74, 6) is -0.210. The second-order valence-electron chi connectivity index (χ2n) is 7.93. The van der Waals surface area contributed by atoms with E-state index in [1.807, 2.05) is 38.4 Å². The Hall–Kier alpha value is -3.26. The SMILES string of the molecule is CN(C)CCCNC(=O)O[C@H]1CCN(c2ccc(C(=O)Nc3ccccc3N)cc2)C1. The number of carbonyl (C=O) groups is 2. The first-order chi connectivity index (χ1) is 14.9. The Morgan fingerprint density at radius 3 is 2.61 bits per heavy atom. The van der Waals surface area contributed by atoms with Crippen molar-refractivity contribution in [2.24, 2.45) is 0 Å². The number of carbonyl (C=O) groups excluding carboxylic acids is 2. The van der Waals surface area contributed by atoms with Crippen LogP contribution in [0.5, 0.6) is 0 Å². The van der Waals surface area contributed by atoms with E-state index in [0.29, 0.717) is 30.0 Å². The van der Waals surface area contributed by atoms with Crippen molar-refractivity contribution in [1.82, 2.24) is 10.2 Å². The van der Waals surface area contributed by atoms with Gasteiger partial charge in [0.2, 0.25) is 0 Å². The maximum absolute atomic E-state index is 12.5. The third-order valence-electron chi connectivity index (χ3n) is 5.17. The molecule has 0 spiro atoms. The number of hydrogen-bond acceptors (Lipinski definition) is 6. The standard InChI is InChI=1S/C23H31N5O3/c1-27(2)14-5-13-25-23(30)31-19-12-15-28(16-19)18-10-8-17(9-11-18)22(29)26-21-7-4-3-6-20(21)24/h3-4,6-11,19H,5,12-16,24H2,1-2H3,(H,25,30)(H,26,29)/t19-/m0/s1. The van der Waals surface area contributed by atoms with Gasteiger partial charge >= 0.3 is 6.09 Å². The zero-order valence-corrected chi connectivity index (χ0v) is 18.1. The summed E-state index contributed by atoms with van der Waals surface area (Å²) < 4.78 is 5.53. The Morgan fingerprint density at radius 2 is 1.90 bits per heavy atom. The number of rotatable bonds is 8. The fraction of sp³-hybridized carbons (Fsp3) is 0.391. The summed E-state index contributed by atoms with van der Waals surface area (Å²) in [7, 11) is 4.01. The van der Waals surface area contributed by atoms with Crippen molar-refractivity contribution < 1.29 is 14.3 Å². The van der Waals surface area contributed by atoms with Crippen molar-refractivity contribution in [2.75, 3.05) is 56.2 Å². The number of nitrogen functional groups attached to an aromatic ring is 1. The fourth-order valence-electron chi connectivity index (χ4n) is 3.47. The van der Waals surface area contributed by atoms with Crippen LogP contribution in [0, 0.1) is 0 Å². The van der Waals surface area contributed by atoms with E-state index in [9.17, 15) is 9.59 Å². The van der Waals surface area contributed by atoms with Crippen LogP contribution in [-0.4, -0.2) is 63.3 Å². The Morgan fingerprint density at radius 1 is 1.16 bits per heavy atom. The molecule has 0 saturated carbocycles. The van der Waals surface area contributed by atoms with Crippen LogP contribution in [0.1, 0.15) is 23.2 Å². The first kappa shape index (κ1) is 22.4. The van der Waals surface area contributed by atoms with Crippen LogP contribution in [0.25, 0.3) is 0 Å². The van der Waals surface area contributed by atoms with Gasteiger partial charge in [0.1, 0.15) is 6.10 Å². The highest BCUT2D eigenvalue weighted by Crippen LogP contribution is 2.23. The lowest BCUT2D eigenvalue weighted by molar-refractivity contribution is 0.102. The number of ether oxygens (including phenoxy) is 1. The predicted octanol–water partition coefficient (Wildman–Crippen LogP) is 2.78. The third-order valence-corrected chi connectivity index (χ3v) is 5.17. The van der Waals surface area contributed by atoms with Gasteiger partial charge in [-0.2, -0.15) is 0 Å². The van der Waals surface area contributed by atoms with E-state index in [1.54, 1.807) is 24.3 Å². The number of para-hydroxylation sites is 2.